The van der Waals surface area contributed by atoms with Crippen molar-refractivity contribution in [2.45, 2.75) is 64.3 Å². The van der Waals surface area contributed by atoms with E-state index in [0.717, 1.165) is 17.7 Å². The van der Waals surface area contributed by atoms with Crippen molar-refractivity contribution in [2.75, 3.05) is 7.11 Å². The monoisotopic (exact) mass is 264 g/mol. The third kappa shape index (κ3) is 6.58. The highest BCUT2D eigenvalue weighted by atomic mass is 16.5. The molecule has 1 heterocycles. The highest BCUT2D eigenvalue weighted by molar-refractivity contribution is 5.25. The molecule has 0 aliphatic heterocycles. The first-order chi connectivity index (χ1) is 9.27. The minimum atomic E-state index is 0.0817. The lowest BCUT2D eigenvalue weighted by Gasteiger charge is -2.12. The Bertz CT molecular complexity index is 341. The van der Waals surface area contributed by atoms with Gasteiger partial charge in [-0.25, -0.2) is 0 Å². The number of hydrogen-bond acceptors (Lipinski definition) is 3. The molecule has 0 fully saturated rings. The maximum absolute atomic E-state index is 6.19. The molecule has 0 saturated heterocycles. The topological polar surface area (TPSA) is 48.1 Å². The minimum Gasteiger partial charge on any atom is -0.495 e. The van der Waals surface area contributed by atoms with E-state index in [1.54, 1.807) is 13.3 Å². The Labute approximate surface area is 117 Å². The highest BCUT2D eigenvalue weighted by Crippen LogP contribution is 2.20. The van der Waals surface area contributed by atoms with Crippen LogP contribution in [0.5, 0.6) is 5.75 Å². The molecule has 2 N–H and O–H groups in total. The summed E-state index contributed by atoms with van der Waals surface area (Å²) in [5.74, 6) is 0.785. The normalized spacial score (nSPS) is 12.4. The van der Waals surface area contributed by atoms with Crippen LogP contribution in [0.4, 0.5) is 0 Å². The van der Waals surface area contributed by atoms with Crippen LogP contribution in [0.1, 0.15) is 69.9 Å². The predicted octanol–water partition coefficient (Wildman–Crippen LogP) is 4.23. The summed E-state index contributed by atoms with van der Waals surface area (Å²) in [7, 11) is 1.66. The van der Waals surface area contributed by atoms with Gasteiger partial charge in [-0.1, -0.05) is 51.9 Å². The van der Waals surface area contributed by atoms with E-state index in [4.69, 9.17) is 10.5 Å². The summed E-state index contributed by atoms with van der Waals surface area (Å²) < 4.78 is 5.17. The van der Waals surface area contributed by atoms with Gasteiger partial charge in [-0.3, -0.25) is 4.98 Å². The summed E-state index contributed by atoms with van der Waals surface area (Å²) >= 11 is 0. The third-order valence-corrected chi connectivity index (χ3v) is 3.52. The Balaban J connectivity index is 2.18. The molecule has 19 heavy (non-hydrogen) atoms. The van der Waals surface area contributed by atoms with E-state index < -0.39 is 0 Å². The Kier molecular flexibility index (Phi) is 8.23. The summed E-state index contributed by atoms with van der Waals surface area (Å²) in [5, 5.41) is 0. The van der Waals surface area contributed by atoms with Gasteiger partial charge in [0.1, 0.15) is 5.75 Å². The molecule has 108 valence electrons. The van der Waals surface area contributed by atoms with Crippen molar-refractivity contribution in [3.63, 3.8) is 0 Å². The predicted molar refractivity (Wildman–Crippen MR) is 80.3 cm³/mol. The quantitative estimate of drug-likeness (QED) is 0.643. The second-order valence-corrected chi connectivity index (χ2v) is 5.17. The maximum Gasteiger partial charge on any atom is 0.137 e. The SMILES string of the molecule is CCCCCCCCCC(N)c1cncc(OC)c1. The van der Waals surface area contributed by atoms with Crippen LogP contribution in [0.25, 0.3) is 0 Å². The number of pyridine rings is 1. The second kappa shape index (κ2) is 9.79. The van der Waals surface area contributed by atoms with Gasteiger partial charge in [0.05, 0.1) is 13.3 Å². The first-order valence-electron chi connectivity index (χ1n) is 7.52. The first kappa shape index (κ1) is 16.0. The van der Waals surface area contributed by atoms with Gasteiger partial charge in [-0.2, -0.15) is 0 Å². The molecule has 0 bridgehead atoms. The summed E-state index contributed by atoms with van der Waals surface area (Å²) in [4.78, 5) is 4.15. The van der Waals surface area contributed by atoms with E-state index in [2.05, 4.69) is 11.9 Å². The van der Waals surface area contributed by atoms with Crippen molar-refractivity contribution in [3.05, 3.63) is 24.0 Å². The smallest absolute Gasteiger partial charge is 0.137 e. The standard InChI is InChI=1S/C16H28N2O/c1-3-4-5-6-7-8-9-10-16(17)14-11-15(19-2)13-18-12-14/h11-13,16H,3-10,17H2,1-2H3. The second-order valence-electron chi connectivity index (χ2n) is 5.17. The molecule has 0 amide bonds. The lowest BCUT2D eigenvalue weighted by atomic mass is 10.0. The van der Waals surface area contributed by atoms with Gasteiger partial charge in [0, 0.05) is 12.2 Å². The number of methoxy groups -OCH3 is 1. The molecule has 0 radical (unpaired) electrons. The molecular formula is C16H28N2O. The molecule has 1 aromatic rings. The van der Waals surface area contributed by atoms with E-state index in [9.17, 15) is 0 Å². The van der Waals surface area contributed by atoms with Gasteiger partial charge in [0.2, 0.25) is 0 Å². The molecule has 1 aromatic heterocycles. The fraction of sp³-hybridized carbons (Fsp3) is 0.688. The van der Waals surface area contributed by atoms with E-state index >= 15 is 0 Å². The zero-order chi connectivity index (χ0) is 13.9. The van der Waals surface area contributed by atoms with Crippen molar-refractivity contribution >= 4 is 0 Å². The Morgan fingerprint density at radius 1 is 1.11 bits per heavy atom. The number of nitrogens with zero attached hydrogens (tertiary/aromatic N) is 1. The van der Waals surface area contributed by atoms with Gasteiger partial charge >= 0.3 is 0 Å². The van der Waals surface area contributed by atoms with Crippen molar-refractivity contribution in [2.24, 2.45) is 5.73 Å². The minimum absolute atomic E-state index is 0.0817. The lowest BCUT2D eigenvalue weighted by Crippen LogP contribution is -2.10. The average Bonchev–Trinajstić information content (AvgIpc) is 2.46. The van der Waals surface area contributed by atoms with Gasteiger partial charge in [0.25, 0.3) is 0 Å². The fourth-order valence-electron chi connectivity index (χ4n) is 2.24. The third-order valence-electron chi connectivity index (χ3n) is 3.52. The van der Waals surface area contributed by atoms with Crippen molar-refractivity contribution in [3.8, 4) is 5.75 Å². The molecule has 3 nitrogen and oxygen atoms in total. The molecule has 0 aromatic carbocycles. The number of aromatic nitrogens is 1. The molecular weight excluding hydrogens is 236 g/mol. The molecule has 0 spiro atoms. The van der Waals surface area contributed by atoms with E-state index in [0.29, 0.717) is 0 Å². The number of nitrogens with two attached hydrogens (primary N) is 1. The number of ether oxygens (including phenoxy) is 1. The fourth-order valence-corrected chi connectivity index (χ4v) is 2.24. The van der Waals surface area contributed by atoms with Gasteiger partial charge in [-0.15, -0.1) is 0 Å². The molecule has 0 aliphatic carbocycles. The summed E-state index contributed by atoms with van der Waals surface area (Å²) in [6.45, 7) is 2.25. The molecule has 1 atom stereocenters. The van der Waals surface area contributed by atoms with E-state index in [1.807, 2.05) is 12.3 Å². The number of unbranched alkanes of at least 4 members (excludes halogenated alkanes) is 6. The first-order valence-corrected chi connectivity index (χ1v) is 7.52. The Morgan fingerprint density at radius 2 is 1.79 bits per heavy atom. The van der Waals surface area contributed by atoms with Crippen LogP contribution in [0.3, 0.4) is 0 Å². The van der Waals surface area contributed by atoms with Crippen LogP contribution in [-0.2, 0) is 0 Å². The molecule has 1 unspecified atom stereocenters. The molecule has 1 rings (SSSR count). The van der Waals surface area contributed by atoms with Crippen LogP contribution in [0, 0.1) is 0 Å². The van der Waals surface area contributed by atoms with Crippen LogP contribution in [-0.4, -0.2) is 12.1 Å². The average molecular weight is 264 g/mol. The zero-order valence-corrected chi connectivity index (χ0v) is 12.4. The number of hydrogen-bond donors (Lipinski definition) is 1. The Morgan fingerprint density at radius 3 is 2.47 bits per heavy atom. The lowest BCUT2D eigenvalue weighted by molar-refractivity contribution is 0.411. The van der Waals surface area contributed by atoms with Gasteiger partial charge < -0.3 is 10.5 Å². The summed E-state index contributed by atoms with van der Waals surface area (Å²) in [6.07, 6.45) is 13.8. The van der Waals surface area contributed by atoms with Crippen molar-refractivity contribution in [1.29, 1.82) is 0 Å². The zero-order valence-electron chi connectivity index (χ0n) is 12.4. The van der Waals surface area contributed by atoms with Crippen molar-refractivity contribution in [1.82, 2.24) is 4.98 Å². The van der Waals surface area contributed by atoms with Gasteiger partial charge in [0.15, 0.2) is 0 Å². The maximum atomic E-state index is 6.19. The van der Waals surface area contributed by atoms with Crippen LogP contribution in [0.15, 0.2) is 18.5 Å². The number of rotatable bonds is 10. The van der Waals surface area contributed by atoms with Crippen LogP contribution >= 0.6 is 0 Å². The van der Waals surface area contributed by atoms with Crippen molar-refractivity contribution < 1.29 is 4.74 Å². The largest absolute Gasteiger partial charge is 0.495 e. The summed E-state index contributed by atoms with van der Waals surface area (Å²) in [6, 6.07) is 2.07. The van der Waals surface area contributed by atoms with Crippen LogP contribution < -0.4 is 10.5 Å². The van der Waals surface area contributed by atoms with E-state index in [-0.39, 0.29) is 6.04 Å². The Hall–Kier alpha value is -1.09. The van der Waals surface area contributed by atoms with Crippen LogP contribution in [0.2, 0.25) is 0 Å². The van der Waals surface area contributed by atoms with E-state index in [1.165, 1.54) is 44.9 Å². The molecule has 0 aliphatic rings. The van der Waals surface area contributed by atoms with Gasteiger partial charge in [-0.05, 0) is 18.1 Å². The highest BCUT2D eigenvalue weighted by Gasteiger charge is 2.07. The molecule has 3 heteroatoms. The summed E-state index contributed by atoms with van der Waals surface area (Å²) in [5.41, 5.74) is 7.26. The molecule has 0 saturated carbocycles.